The van der Waals surface area contributed by atoms with Crippen LogP contribution in [-0.2, 0) is 14.3 Å². The number of carbonyl (C=O) groups excluding carboxylic acids is 2. The average Bonchev–Trinajstić information content (AvgIpc) is 3.08. The van der Waals surface area contributed by atoms with Gasteiger partial charge in [0.05, 0.1) is 30.9 Å². The Bertz CT molecular complexity index is 1070. The molecule has 2 aromatic carbocycles. The molecule has 0 bridgehead atoms. The third-order valence-electron chi connectivity index (χ3n) is 5.99. The molecule has 2 saturated heterocycles. The number of ketones is 1. The van der Waals surface area contributed by atoms with E-state index in [0.717, 1.165) is 13.1 Å². The maximum Gasteiger partial charge on any atom is 0.295 e. The number of carbonyl (C=O) groups is 2. The summed E-state index contributed by atoms with van der Waals surface area (Å²) in [4.78, 5) is 29.9. The Labute approximate surface area is 199 Å². The number of hydrogen-bond donors (Lipinski definition) is 2. The molecular weight excluding hydrogens is 436 g/mol. The molecule has 0 aliphatic carbocycles. The maximum absolute atomic E-state index is 13.1. The summed E-state index contributed by atoms with van der Waals surface area (Å²) >= 11 is 0. The van der Waals surface area contributed by atoms with Crippen molar-refractivity contribution >= 4 is 17.4 Å². The van der Waals surface area contributed by atoms with Crippen molar-refractivity contribution < 1.29 is 29.3 Å². The van der Waals surface area contributed by atoms with Gasteiger partial charge in [-0.15, -0.1) is 0 Å². The molecule has 2 heterocycles. The van der Waals surface area contributed by atoms with Crippen molar-refractivity contribution in [1.82, 2.24) is 9.80 Å². The van der Waals surface area contributed by atoms with Crippen LogP contribution in [0.15, 0.2) is 54.1 Å². The largest absolute Gasteiger partial charge is 0.508 e. The molecule has 0 spiro atoms. The van der Waals surface area contributed by atoms with E-state index in [2.05, 4.69) is 4.90 Å². The minimum atomic E-state index is -0.806. The van der Waals surface area contributed by atoms with Crippen LogP contribution in [0.25, 0.3) is 5.76 Å². The molecule has 1 amide bonds. The number of aliphatic hydroxyl groups excluding tert-OH is 1. The number of amides is 1. The number of aromatic hydroxyl groups is 1. The highest BCUT2D eigenvalue weighted by Gasteiger charge is 2.46. The Morgan fingerprint density at radius 3 is 2.44 bits per heavy atom. The predicted molar refractivity (Wildman–Crippen MR) is 127 cm³/mol. The van der Waals surface area contributed by atoms with Crippen LogP contribution in [-0.4, -0.2) is 77.2 Å². The molecule has 0 aromatic heterocycles. The van der Waals surface area contributed by atoms with Crippen LogP contribution < -0.4 is 4.74 Å². The summed E-state index contributed by atoms with van der Waals surface area (Å²) in [5, 5.41) is 21.2. The number of morpholine rings is 1. The third kappa shape index (κ3) is 5.08. The lowest BCUT2D eigenvalue weighted by molar-refractivity contribution is -0.140. The van der Waals surface area contributed by atoms with Crippen molar-refractivity contribution in [3.63, 3.8) is 0 Å². The Balaban J connectivity index is 1.70. The lowest BCUT2D eigenvalue weighted by atomic mass is 9.95. The lowest BCUT2D eigenvalue weighted by Gasteiger charge is -2.31. The van der Waals surface area contributed by atoms with E-state index in [1.165, 1.54) is 17.0 Å². The fourth-order valence-electron chi connectivity index (χ4n) is 4.35. The van der Waals surface area contributed by atoms with Gasteiger partial charge in [-0.2, -0.15) is 0 Å². The Morgan fingerprint density at radius 2 is 1.79 bits per heavy atom. The molecule has 2 aromatic rings. The Morgan fingerprint density at radius 1 is 1.09 bits per heavy atom. The molecule has 2 fully saturated rings. The predicted octanol–water partition coefficient (Wildman–Crippen LogP) is 2.93. The van der Waals surface area contributed by atoms with E-state index in [1.54, 1.807) is 36.4 Å². The van der Waals surface area contributed by atoms with Crippen molar-refractivity contribution in [3.05, 3.63) is 65.2 Å². The molecule has 34 heavy (non-hydrogen) atoms. The van der Waals surface area contributed by atoms with Gasteiger partial charge >= 0.3 is 0 Å². The first kappa shape index (κ1) is 23.8. The van der Waals surface area contributed by atoms with Gasteiger partial charge in [-0.3, -0.25) is 14.5 Å². The number of aliphatic hydroxyl groups is 1. The SMILES string of the molecule is CC(C)Oc1ccc(C(O)=C2C(=O)C(=O)N(CCN3CCOCC3)C2c2cccc(O)c2)cc1. The van der Waals surface area contributed by atoms with Crippen LogP contribution in [0.5, 0.6) is 11.5 Å². The summed E-state index contributed by atoms with van der Waals surface area (Å²) in [5.41, 5.74) is 0.977. The first-order valence-electron chi connectivity index (χ1n) is 11.5. The number of ether oxygens (including phenoxy) is 2. The minimum Gasteiger partial charge on any atom is -0.508 e. The highest BCUT2D eigenvalue weighted by molar-refractivity contribution is 6.46. The van der Waals surface area contributed by atoms with Crippen molar-refractivity contribution in [2.75, 3.05) is 39.4 Å². The number of phenolic OH excluding ortho intramolecular Hbond substituents is 1. The van der Waals surface area contributed by atoms with Crippen LogP contribution in [0.4, 0.5) is 0 Å². The first-order valence-corrected chi connectivity index (χ1v) is 11.5. The molecule has 1 unspecified atom stereocenters. The highest BCUT2D eigenvalue weighted by atomic mass is 16.5. The molecule has 4 rings (SSSR count). The van der Waals surface area contributed by atoms with Crippen molar-refractivity contribution in [2.24, 2.45) is 0 Å². The standard InChI is InChI=1S/C26H30N2O6/c1-17(2)34-21-8-6-18(7-9-21)24(30)22-23(19-4-3-5-20(29)16-19)28(26(32)25(22)31)11-10-27-12-14-33-15-13-27/h3-9,16-17,23,29-30H,10-15H2,1-2H3. The fraction of sp³-hybridized carbons (Fsp3) is 0.385. The Hall–Kier alpha value is -3.36. The summed E-state index contributed by atoms with van der Waals surface area (Å²) in [7, 11) is 0. The van der Waals surface area contributed by atoms with Gasteiger partial charge in [0.15, 0.2) is 0 Å². The normalized spacial score (nSPS) is 20.8. The zero-order chi connectivity index (χ0) is 24.2. The van der Waals surface area contributed by atoms with Crippen molar-refractivity contribution in [1.29, 1.82) is 0 Å². The number of rotatable bonds is 7. The highest BCUT2D eigenvalue weighted by Crippen LogP contribution is 2.40. The summed E-state index contributed by atoms with van der Waals surface area (Å²) < 4.78 is 11.0. The zero-order valence-corrected chi connectivity index (χ0v) is 19.4. The maximum atomic E-state index is 13.1. The zero-order valence-electron chi connectivity index (χ0n) is 19.4. The molecule has 0 radical (unpaired) electrons. The molecule has 8 nitrogen and oxygen atoms in total. The molecule has 0 saturated carbocycles. The van der Waals surface area contributed by atoms with Crippen LogP contribution >= 0.6 is 0 Å². The van der Waals surface area contributed by atoms with Crippen LogP contribution in [0, 0.1) is 0 Å². The van der Waals surface area contributed by atoms with E-state index in [1.807, 2.05) is 13.8 Å². The van der Waals surface area contributed by atoms with E-state index in [0.29, 0.717) is 43.2 Å². The van der Waals surface area contributed by atoms with Gasteiger partial charge in [0.2, 0.25) is 0 Å². The minimum absolute atomic E-state index is 0.00185. The molecule has 2 aliphatic heterocycles. The number of phenols is 1. The molecule has 8 heteroatoms. The van der Waals surface area contributed by atoms with Gasteiger partial charge in [0.25, 0.3) is 11.7 Å². The summed E-state index contributed by atoms with van der Waals surface area (Å²) in [6.07, 6.45) is 0.00185. The van der Waals surface area contributed by atoms with Gasteiger partial charge in [-0.1, -0.05) is 12.1 Å². The van der Waals surface area contributed by atoms with Gasteiger partial charge in [-0.05, 0) is 55.8 Å². The molecule has 180 valence electrons. The smallest absolute Gasteiger partial charge is 0.295 e. The summed E-state index contributed by atoms with van der Waals surface area (Å²) in [6.45, 7) is 7.49. The second-order valence-electron chi connectivity index (χ2n) is 8.73. The van der Waals surface area contributed by atoms with Crippen LogP contribution in [0.3, 0.4) is 0 Å². The molecular formula is C26H30N2O6. The monoisotopic (exact) mass is 466 g/mol. The quantitative estimate of drug-likeness (QED) is 0.368. The van der Waals surface area contributed by atoms with E-state index < -0.39 is 17.7 Å². The molecule has 1 atom stereocenters. The average molecular weight is 467 g/mol. The van der Waals surface area contributed by atoms with Gasteiger partial charge in [0, 0.05) is 31.7 Å². The second-order valence-corrected chi connectivity index (χ2v) is 8.73. The lowest BCUT2D eigenvalue weighted by Crippen LogP contribution is -2.42. The van der Waals surface area contributed by atoms with E-state index >= 15 is 0 Å². The second kappa shape index (κ2) is 10.3. The van der Waals surface area contributed by atoms with Gasteiger partial charge in [0.1, 0.15) is 17.3 Å². The van der Waals surface area contributed by atoms with Gasteiger partial charge < -0.3 is 24.6 Å². The number of nitrogens with zero attached hydrogens (tertiary/aromatic N) is 2. The van der Waals surface area contributed by atoms with Crippen molar-refractivity contribution in [2.45, 2.75) is 26.0 Å². The van der Waals surface area contributed by atoms with Crippen molar-refractivity contribution in [3.8, 4) is 11.5 Å². The molecule has 2 N–H and O–H groups in total. The third-order valence-corrected chi connectivity index (χ3v) is 5.99. The van der Waals surface area contributed by atoms with E-state index in [4.69, 9.17) is 9.47 Å². The van der Waals surface area contributed by atoms with E-state index in [-0.39, 0.29) is 23.2 Å². The summed E-state index contributed by atoms with van der Waals surface area (Å²) in [6, 6.07) is 12.4. The number of hydrogen-bond acceptors (Lipinski definition) is 7. The molecule has 2 aliphatic rings. The van der Waals surface area contributed by atoms with Crippen LogP contribution in [0.1, 0.15) is 31.0 Å². The number of Topliss-reactive ketones (excluding diaryl/α,β-unsaturated/α-hetero) is 1. The topological polar surface area (TPSA) is 99.5 Å². The van der Waals surface area contributed by atoms with Gasteiger partial charge in [-0.25, -0.2) is 0 Å². The summed E-state index contributed by atoms with van der Waals surface area (Å²) in [5.74, 6) is -0.997. The number of benzene rings is 2. The first-order chi connectivity index (χ1) is 16.3. The van der Waals surface area contributed by atoms with E-state index in [9.17, 15) is 19.8 Å². The number of likely N-dealkylation sites (tertiary alicyclic amines) is 1. The Kier molecular flexibility index (Phi) is 7.19. The fourth-order valence-corrected chi connectivity index (χ4v) is 4.35. The van der Waals surface area contributed by atoms with Crippen LogP contribution in [0.2, 0.25) is 0 Å².